The van der Waals surface area contributed by atoms with Crippen LogP contribution in [0.15, 0.2) is 24.5 Å². The van der Waals surface area contributed by atoms with Crippen LogP contribution in [0.25, 0.3) is 0 Å². The average Bonchev–Trinajstić information content (AvgIpc) is 2.39. The maximum absolute atomic E-state index is 6.05. The van der Waals surface area contributed by atoms with E-state index in [1.165, 1.54) is 24.8 Å². The van der Waals surface area contributed by atoms with Crippen LogP contribution in [0.5, 0.6) is 0 Å². The second kappa shape index (κ2) is 5.41. The lowest BCUT2D eigenvalue weighted by Gasteiger charge is -2.36. The van der Waals surface area contributed by atoms with E-state index in [0.717, 1.165) is 12.8 Å². The maximum atomic E-state index is 6.05. The van der Waals surface area contributed by atoms with E-state index in [-0.39, 0.29) is 5.60 Å². The van der Waals surface area contributed by atoms with Crippen molar-refractivity contribution in [3.05, 3.63) is 30.1 Å². The molecule has 0 amide bonds. The largest absolute Gasteiger partial charge is 0.369 e. The predicted molar refractivity (Wildman–Crippen MR) is 63.9 cm³/mol. The van der Waals surface area contributed by atoms with Gasteiger partial charge in [0.05, 0.1) is 12.2 Å². The molecule has 16 heavy (non-hydrogen) atoms. The number of hydrogen-bond acceptors (Lipinski definition) is 3. The Balaban J connectivity index is 1.92. The lowest BCUT2D eigenvalue weighted by Crippen LogP contribution is -2.42. The van der Waals surface area contributed by atoms with Crippen LogP contribution in [0.4, 0.5) is 0 Å². The summed E-state index contributed by atoms with van der Waals surface area (Å²) in [5.74, 6) is 0. The molecule has 1 aromatic heterocycles. The number of aromatic nitrogens is 1. The molecule has 88 valence electrons. The first kappa shape index (κ1) is 11.6. The molecule has 1 saturated carbocycles. The van der Waals surface area contributed by atoms with Gasteiger partial charge in [-0.1, -0.05) is 19.3 Å². The number of nitrogens with two attached hydrogens (primary N) is 1. The summed E-state index contributed by atoms with van der Waals surface area (Å²) in [6.07, 6.45) is 9.62. The number of pyridine rings is 1. The summed E-state index contributed by atoms with van der Waals surface area (Å²) in [6, 6.07) is 3.99. The van der Waals surface area contributed by atoms with Crippen molar-refractivity contribution in [3.8, 4) is 0 Å². The zero-order chi connectivity index (χ0) is 11.3. The Labute approximate surface area is 97.0 Å². The molecule has 3 nitrogen and oxygen atoms in total. The molecule has 0 saturated heterocycles. The molecule has 0 bridgehead atoms. The molecule has 0 aromatic carbocycles. The van der Waals surface area contributed by atoms with Crippen LogP contribution >= 0.6 is 0 Å². The van der Waals surface area contributed by atoms with Gasteiger partial charge in [-0.15, -0.1) is 0 Å². The number of hydrogen-bond donors (Lipinski definition) is 1. The minimum Gasteiger partial charge on any atom is -0.369 e. The molecule has 0 radical (unpaired) electrons. The molecule has 0 unspecified atom stereocenters. The predicted octanol–water partition coefficient (Wildman–Crippen LogP) is 2.26. The first-order chi connectivity index (χ1) is 7.85. The van der Waals surface area contributed by atoms with Crippen LogP contribution in [0.2, 0.25) is 0 Å². The number of rotatable bonds is 4. The Morgan fingerprint density at radius 3 is 2.50 bits per heavy atom. The van der Waals surface area contributed by atoms with Gasteiger partial charge in [0.25, 0.3) is 0 Å². The van der Waals surface area contributed by atoms with E-state index in [0.29, 0.717) is 13.2 Å². The zero-order valence-electron chi connectivity index (χ0n) is 9.69. The molecule has 2 rings (SSSR count). The average molecular weight is 220 g/mol. The fourth-order valence-electron chi connectivity index (χ4n) is 2.32. The van der Waals surface area contributed by atoms with E-state index in [1.807, 2.05) is 12.1 Å². The molecule has 1 fully saturated rings. The minimum absolute atomic E-state index is 0.0679. The fraction of sp³-hybridized carbons (Fsp3) is 0.615. The fourth-order valence-corrected chi connectivity index (χ4v) is 2.32. The smallest absolute Gasteiger partial charge is 0.0808 e. The van der Waals surface area contributed by atoms with Crippen molar-refractivity contribution in [2.45, 2.75) is 44.3 Å². The highest BCUT2D eigenvalue weighted by atomic mass is 16.5. The van der Waals surface area contributed by atoms with E-state index in [2.05, 4.69) is 4.98 Å². The van der Waals surface area contributed by atoms with Gasteiger partial charge in [0.1, 0.15) is 0 Å². The standard InChI is InChI=1S/C13H20N2O/c14-11-13(6-2-1-3-7-13)16-10-12-4-8-15-9-5-12/h4-5,8-9H,1-3,6-7,10-11,14H2. The molecule has 0 spiro atoms. The molecule has 1 aromatic rings. The summed E-state index contributed by atoms with van der Waals surface area (Å²) in [4.78, 5) is 4.00. The number of ether oxygens (including phenoxy) is 1. The van der Waals surface area contributed by atoms with Crippen LogP contribution in [0.3, 0.4) is 0 Å². The topological polar surface area (TPSA) is 48.1 Å². The van der Waals surface area contributed by atoms with Gasteiger partial charge in [0.2, 0.25) is 0 Å². The summed E-state index contributed by atoms with van der Waals surface area (Å²) in [6.45, 7) is 1.29. The molecular formula is C13H20N2O. The quantitative estimate of drug-likeness (QED) is 0.846. The highest BCUT2D eigenvalue weighted by Gasteiger charge is 2.31. The second-order valence-corrected chi connectivity index (χ2v) is 4.59. The SMILES string of the molecule is NCC1(OCc2ccncc2)CCCCC1. The first-order valence-electron chi connectivity index (χ1n) is 6.08. The monoisotopic (exact) mass is 220 g/mol. The molecule has 0 atom stereocenters. The van der Waals surface area contributed by atoms with Crippen molar-refractivity contribution >= 4 is 0 Å². The van der Waals surface area contributed by atoms with Gasteiger partial charge < -0.3 is 10.5 Å². The van der Waals surface area contributed by atoms with E-state index in [4.69, 9.17) is 10.5 Å². The molecule has 2 N–H and O–H groups in total. The maximum Gasteiger partial charge on any atom is 0.0808 e. The van der Waals surface area contributed by atoms with Crippen LogP contribution in [0.1, 0.15) is 37.7 Å². The van der Waals surface area contributed by atoms with Crippen molar-refractivity contribution in [2.75, 3.05) is 6.54 Å². The van der Waals surface area contributed by atoms with Gasteiger partial charge >= 0.3 is 0 Å². The third-order valence-corrected chi connectivity index (χ3v) is 3.43. The van der Waals surface area contributed by atoms with Crippen LogP contribution < -0.4 is 5.73 Å². The normalized spacial score (nSPS) is 19.6. The molecule has 1 heterocycles. The Bertz CT molecular complexity index is 307. The minimum atomic E-state index is -0.0679. The lowest BCUT2D eigenvalue weighted by molar-refractivity contribution is -0.0734. The van der Waals surface area contributed by atoms with E-state index in [9.17, 15) is 0 Å². The second-order valence-electron chi connectivity index (χ2n) is 4.59. The van der Waals surface area contributed by atoms with Gasteiger partial charge in [-0.25, -0.2) is 0 Å². The van der Waals surface area contributed by atoms with Crippen molar-refractivity contribution in [1.82, 2.24) is 4.98 Å². The van der Waals surface area contributed by atoms with Gasteiger partial charge in [0.15, 0.2) is 0 Å². The van der Waals surface area contributed by atoms with Gasteiger partial charge in [-0.3, -0.25) is 4.98 Å². The Kier molecular flexibility index (Phi) is 3.91. The van der Waals surface area contributed by atoms with E-state index >= 15 is 0 Å². The van der Waals surface area contributed by atoms with Crippen LogP contribution in [0, 0.1) is 0 Å². The summed E-state index contributed by atoms with van der Waals surface area (Å²) in [5.41, 5.74) is 6.97. The highest BCUT2D eigenvalue weighted by molar-refractivity contribution is 5.08. The Hall–Kier alpha value is -0.930. The highest BCUT2D eigenvalue weighted by Crippen LogP contribution is 2.31. The van der Waals surface area contributed by atoms with Crippen molar-refractivity contribution in [3.63, 3.8) is 0 Å². The van der Waals surface area contributed by atoms with Crippen molar-refractivity contribution in [1.29, 1.82) is 0 Å². The van der Waals surface area contributed by atoms with Crippen LogP contribution in [-0.4, -0.2) is 17.1 Å². The first-order valence-corrected chi connectivity index (χ1v) is 6.08. The van der Waals surface area contributed by atoms with Crippen molar-refractivity contribution < 1.29 is 4.74 Å². The Morgan fingerprint density at radius 1 is 1.19 bits per heavy atom. The lowest BCUT2D eigenvalue weighted by atomic mass is 9.84. The summed E-state index contributed by atoms with van der Waals surface area (Å²) < 4.78 is 6.05. The van der Waals surface area contributed by atoms with E-state index in [1.54, 1.807) is 12.4 Å². The van der Waals surface area contributed by atoms with Gasteiger partial charge in [-0.2, -0.15) is 0 Å². The van der Waals surface area contributed by atoms with Crippen LogP contribution in [-0.2, 0) is 11.3 Å². The Morgan fingerprint density at radius 2 is 1.88 bits per heavy atom. The molecule has 3 heteroatoms. The molecule has 0 aliphatic heterocycles. The molecular weight excluding hydrogens is 200 g/mol. The summed E-state index contributed by atoms with van der Waals surface area (Å²) in [7, 11) is 0. The van der Waals surface area contributed by atoms with Crippen molar-refractivity contribution in [2.24, 2.45) is 5.73 Å². The third kappa shape index (κ3) is 2.80. The summed E-state index contributed by atoms with van der Waals surface area (Å²) >= 11 is 0. The third-order valence-electron chi connectivity index (χ3n) is 3.43. The van der Waals surface area contributed by atoms with Gasteiger partial charge in [0, 0.05) is 18.9 Å². The number of nitrogens with zero attached hydrogens (tertiary/aromatic N) is 1. The van der Waals surface area contributed by atoms with E-state index < -0.39 is 0 Å². The molecule has 1 aliphatic carbocycles. The zero-order valence-corrected chi connectivity index (χ0v) is 9.69. The molecule has 1 aliphatic rings. The van der Waals surface area contributed by atoms with Gasteiger partial charge in [-0.05, 0) is 30.5 Å². The summed E-state index contributed by atoms with van der Waals surface area (Å²) in [5, 5.41) is 0.